The first kappa shape index (κ1) is 21.0. The normalized spacial score (nSPS) is 11.4. The third-order valence-electron chi connectivity index (χ3n) is 4.44. The third kappa shape index (κ3) is 5.23. The van der Waals surface area contributed by atoms with Crippen molar-refractivity contribution in [1.29, 1.82) is 0 Å². The Kier molecular flexibility index (Phi) is 6.69. The molecule has 0 saturated heterocycles. The van der Waals surface area contributed by atoms with Crippen LogP contribution in [0.3, 0.4) is 0 Å². The van der Waals surface area contributed by atoms with Gasteiger partial charge in [0.1, 0.15) is 0 Å². The van der Waals surface area contributed by atoms with Crippen LogP contribution in [0.1, 0.15) is 11.1 Å². The van der Waals surface area contributed by atoms with Gasteiger partial charge in [-0.15, -0.1) is 0 Å². The van der Waals surface area contributed by atoms with Gasteiger partial charge in [0, 0.05) is 17.3 Å². The zero-order chi connectivity index (χ0) is 20.9. The topological polar surface area (TPSA) is 66.5 Å². The Morgan fingerprint density at radius 3 is 2.21 bits per heavy atom. The largest absolute Gasteiger partial charge is 0.325 e. The van der Waals surface area contributed by atoms with Crippen molar-refractivity contribution in [3.63, 3.8) is 0 Å². The van der Waals surface area contributed by atoms with E-state index in [1.807, 2.05) is 30.3 Å². The molecule has 150 valence electrons. The number of benzene rings is 3. The molecule has 0 aromatic heterocycles. The molecule has 0 unspecified atom stereocenters. The predicted molar refractivity (Wildman–Crippen MR) is 115 cm³/mol. The Bertz CT molecular complexity index is 1090. The summed E-state index contributed by atoms with van der Waals surface area (Å²) >= 11 is 6.11. The van der Waals surface area contributed by atoms with Crippen LogP contribution >= 0.6 is 11.6 Å². The molecule has 0 atom stereocenters. The average Bonchev–Trinajstić information content (AvgIpc) is 2.72. The van der Waals surface area contributed by atoms with Crippen LogP contribution in [0.5, 0.6) is 0 Å². The monoisotopic (exact) mass is 428 g/mol. The molecule has 0 bridgehead atoms. The van der Waals surface area contributed by atoms with Gasteiger partial charge in [-0.25, -0.2) is 8.42 Å². The lowest BCUT2D eigenvalue weighted by atomic mass is 10.2. The fraction of sp³-hybridized carbons (Fsp3) is 0.136. The molecule has 3 aromatic carbocycles. The molecule has 0 spiro atoms. The SMILES string of the molecule is Cc1c(Cl)cccc1NC(=O)CN(Cc1ccccc1)S(=O)(=O)c1ccccc1. The minimum Gasteiger partial charge on any atom is -0.325 e. The first-order chi connectivity index (χ1) is 13.9. The summed E-state index contributed by atoms with van der Waals surface area (Å²) in [6, 6.07) is 22.5. The van der Waals surface area contributed by atoms with Gasteiger partial charge in [0.25, 0.3) is 0 Å². The summed E-state index contributed by atoms with van der Waals surface area (Å²) in [5.41, 5.74) is 2.07. The van der Waals surface area contributed by atoms with E-state index in [-0.39, 0.29) is 18.0 Å². The van der Waals surface area contributed by atoms with E-state index in [0.717, 1.165) is 11.1 Å². The Morgan fingerprint density at radius 2 is 1.55 bits per heavy atom. The molecule has 0 radical (unpaired) electrons. The number of rotatable bonds is 7. The number of amides is 1. The minimum atomic E-state index is -3.86. The highest BCUT2D eigenvalue weighted by atomic mass is 35.5. The van der Waals surface area contributed by atoms with Gasteiger partial charge in [-0.05, 0) is 42.3 Å². The molecule has 7 heteroatoms. The van der Waals surface area contributed by atoms with Gasteiger partial charge in [0.2, 0.25) is 15.9 Å². The molecule has 5 nitrogen and oxygen atoms in total. The van der Waals surface area contributed by atoms with Gasteiger partial charge in [-0.3, -0.25) is 4.79 Å². The van der Waals surface area contributed by atoms with Crippen molar-refractivity contribution >= 4 is 33.2 Å². The van der Waals surface area contributed by atoms with E-state index in [0.29, 0.717) is 10.7 Å². The number of carbonyl (C=O) groups is 1. The van der Waals surface area contributed by atoms with Crippen molar-refractivity contribution < 1.29 is 13.2 Å². The van der Waals surface area contributed by atoms with E-state index in [1.165, 1.54) is 16.4 Å². The fourth-order valence-electron chi connectivity index (χ4n) is 2.85. The number of halogens is 1. The van der Waals surface area contributed by atoms with Crippen LogP contribution in [0.2, 0.25) is 5.02 Å². The molecule has 0 aliphatic heterocycles. The van der Waals surface area contributed by atoms with Crippen LogP contribution in [-0.2, 0) is 21.4 Å². The molecule has 0 heterocycles. The van der Waals surface area contributed by atoms with Gasteiger partial charge >= 0.3 is 0 Å². The van der Waals surface area contributed by atoms with Gasteiger partial charge in [-0.1, -0.05) is 66.2 Å². The summed E-state index contributed by atoms with van der Waals surface area (Å²) in [5, 5.41) is 3.29. The lowest BCUT2D eigenvalue weighted by molar-refractivity contribution is -0.116. The standard InChI is InChI=1S/C22H21ClN2O3S/c1-17-20(23)13-8-14-21(17)24-22(26)16-25(15-18-9-4-2-5-10-18)29(27,28)19-11-6-3-7-12-19/h2-14H,15-16H2,1H3,(H,24,26). The summed E-state index contributed by atoms with van der Waals surface area (Å²) in [7, 11) is -3.86. The molecule has 0 aliphatic rings. The molecule has 0 saturated carbocycles. The summed E-state index contributed by atoms with van der Waals surface area (Å²) in [5.74, 6) is -0.439. The molecule has 0 fully saturated rings. The molecule has 3 rings (SSSR count). The van der Waals surface area contributed by atoms with Crippen LogP contribution in [0.25, 0.3) is 0 Å². The first-order valence-corrected chi connectivity index (χ1v) is 10.8. The second kappa shape index (κ2) is 9.22. The first-order valence-electron chi connectivity index (χ1n) is 9.02. The van der Waals surface area contributed by atoms with Crippen LogP contribution < -0.4 is 5.32 Å². The maximum absolute atomic E-state index is 13.2. The maximum Gasteiger partial charge on any atom is 0.243 e. The average molecular weight is 429 g/mol. The molecular formula is C22H21ClN2O3S. The van der Waals surface area contributed by atoms with Crippen LogP contribution in [-0.4, -0.2) is 25.2 Å². The number of hydrogen-bond donors (Lipinski definition) is 1. The highest BCUT2D eigenvalue weighted by molar-refractivity contribution is 7.89. The van der Waals surface area contributed by atoms with Gasteiger partial charge in [-0.2, -0.15) is 4.31 Å². The number of nitrogens with one attached hydrogen (secondary N) is 1. The van der Waals surface area contributed by atoms with E-state index >= 15 is 0 Å². The number of nitrogens with zero attached hydrogens (tertiary/aromatic N) is 1. The van der Waals surface area contributed by atoms with E-state index in [2.05, 4.69) is 5.32 Å². The van der Waals surface area contributed by atoms with Crippen molar-refractivity contribution in [2.45, 2.75) is 18.4 Å². The Hall–Kier alpha value is -2.67. The van der Waals surface area contributed by atoms with E-state index in [4.69, 9.17) is 11.6 Å². The molecule has 1 amide bonds. The molecule has 0 aliphatic carbocycles. The molecular weight excluding hydrogens is 408 g/mol. The van der Waals surface area contributed by atoms with Crippen molar-refractivity contribution in [1.82, 2.24) is 4.31 Å². The quantitative estimate of drug-likeness (QED) is 0.603. The van der Waals surface area contributed by atoms with Crippen molar-refractivity contribution in [3.05, 3.63) is 95.0 Å². The number of sulfonamides is 1. The predicted octanol–water partition coefficient (Wildman–Crippen LogP) is 4.48. The van der Waals surface area contributed by atoms with Gasteiger partial charge < -0.3 is 5.32 Å². The Labute approximate surface area is 176 Å². The summed E-state index contributed by atoms with van der Waals surface area (Å²) in [6.07, 6.45) is 0. The highest BCUT2D eigenvalue weighted by Crippen LogP contribution is 2.23. The van der Waals surface area contributed by atoms with Crippen molar-refractivity contribution in [2.75, 3.05) is 11.9 Å². The number of anilines is 1. The second-order valence-corrected chi connectivity index (χ2v) is 8.88. The zero-order valence-corrected chi connectivity index (χ0v) is 17.5. The molecule has 29 heavy (non-hydrogen) atoms. The van der Waals surface area contributed by atoms with Crippen molar-refractivity contribution in [3.8, 4) is 0 Å². The lowest BCUT2D eigenvalue weighted by Gasteiger charge is -2.22. The van der Waals surface area contributed by atoms with Crippen LogP contribution in [0, 0.1) is 6.92 Å². The summed E-state index contributed by atoms with van der Waals surface area (Å²) in [4.78, 5) is 12.8. The smallest absolute Gasteiger partial charge is 0.243 e. The van der Waals surface area contributed by atoms with Crippen molar-refractivity contribution in [2.24, 2.45) is 0 Å². The summed E-state index contributed by atoms with van der Waals surface area (Å²) < 4.78 is 27.5. The second-order valence-electron chi connectivity index (χ2n) is 6.53. The summed E-state index contributed by atoms with van der Waals surface area (Å²) in [6.45, 7) is 1.55. The minimum absolute atomic E-state index is 0.0833. The van der Waals surface area contributed by atoms with E-state index < -0.39 is 15.9 Å². The molecule has 3 aromatic rings. The maximum atomic E-state index is 13.2. The highest BCUT2D eigenvalue weighted by Gasteiger charge is 2.27. The third-order valence-corrected chi connectivity index (χ3v) is 6.66. The van der Waals surface area contributed by atoms with Gasteiger partial charge in [0.15, 0.2) is 0 Å². The zero-order valence-electron chi connectivity index (χ0n) is 15.9. The Morgan fingerprint density at radius 1 is 0.931 bits per heavy atom. The fourth-order valence-corrected chi connectivity index (χ4v) is 4.43. The van der Waals surface area contributed by atoms with Crippen LogP contribution in [0.4, 0.5) is 5.69 Å². The lowest BCUT2D eigenvalue weighted by Crippen LogP contribution is -2.37. The van der Waals surface area contributed by atoms with E-state index in [9.17, 15) is 13.2 Å². The van der Waals surface area contributed by atoms with Crippen LogP contribution in [0.15, 0.2) is 83.8 Å². The van der Waals surface area contributed by atoms with E-state index in [1.54, 1.807) is 43.3 Å². The number of carbonyl (C=O) groups excluding carboxylic acids is 1. The number of hydrogen-bond acceptors (Lipinski definition) is 3. The van der Waals surface area contributed by atoms with Gasteiger partial charge in [0.05, 0.1) is 11.4 Å². The Balaban J connectivity index is 1.87. The molecule has 1 N–H and O–H groups in total.